The number of fused-ring (bicyclic) bond motifs is 1. The van der Waals surface area contributed by atoms with Gasteiger partial charge in [0, 0.05) is 0 Å². The molecule has 1 N–H and O–H groups in total. The first-order chi connectivity index (χ1) is 6.72. The number of rotatable bonds is 1. The summed E-state index contributed by atoms with van der Waals surface area (Å²) in [6.07, 6.45) is 0. The van der Waals surface area contributed by atoms with Crippen molar-refractivity contribution in [3.05, 3.63) is 34.4 Å². The van der Waals surface area contributed by atoms with Crippen LogP contribution < -0.4 is 8.63 Å². The van der Waals surface area contributed by atoms with E-state index in [4.69, 9.17) is 3.07 Å². The van der Waals surface area contributed by atoms with Crippen LogP contribution in [0.5, 0.6) is 5.75 Å². The molecule has 0 aliphatic rings. The molecule has 0 amide bonds. The van der Waals surface area contributed by atoms with Gasteiger partial charge in [-0.3, -0.25) is 4.79 Å². The topological polar surface area (TPSA) is 55.0 Å². The van der Waals surface area contributed by atoms with Gasteiger partial charge in [-0.25, -0.2) is 4.98 Å². The summed E-state index contributed by atoms with van der Waals surface area (Å²) in [5.74, 6) is 1.20. The highest BCUT2D eigenvalue weighted by molar-refractivity contribution is 14.1. The standard InChI is InChI=1S/C9H7IN2O2/c1-5-11-8-6(9(13)12-5)3-2-4-7(8)14-10/h2-4H,1H3,(H,11,12,13). The Morgan fingerprint density at radius 3 is 3.00 bits per heavy atom. The predicted molar refractivity (Wildman–Crippen MR) is 61.7 cm³/mol. The molecule has 72 valence electrons. The van der Waals surface area contributed by atoms with Crippen LogP contribution in [0.1, 0.15) is 5.82 Å². The molecule has 14 heavy (non-hydrogen) atoms. The number of aromatic nitrogens is 2. The fourth-order valence-corrected chi connectivity index (χ4v) is 1.67. The second-order valence-corrected chi connectivity index (χ2v) is 3.32. The zero-order chi connectivity index (χ0) is 10.1. The fourth-order valence-electron chi connectivity index (χ4n) is 1.31. The Morgan fingerprint density at radius 1 is 1.50 bits per heavy atom. The van der Waals surface area contributed by atoms with Crippen LogP contribution in [0, 0.1) is 6.92 Å². The molecule has 0 radical (unpaired) electrons. The molecule has 4 nitrogen and oxygen atoms in total. The molecule has 1 heterocycles. The van der Waals surface area contributed by atoms with Crippen LogP contribution in [-0.4, -0.2) is 9.97 Å². The van der Waals surface area contributed by atoms with Gasteiger partial charge in [0.1, 0.15) is 11.3 Å². The van der Waals surface area contributed by atoms with E-state index in [1.165, 1.54) is 0 Å². The zero-order valence-corrected chi connectivity index (χ0v) is 9.53. The average molecular weight is 302 g/mol. The number of benzene rings is 1. The largest absolute Gasteiger partial charge is 0.425 e. The van der Waals surface area contributed by atoms with Crippen LogP contribution >= 0.6 is 23.0 Å². The van der Waals surface area contributed by atoms with E-state index in [0.29, 0.717) is 22.5 Å². The second-order valence-electron chi connectivity index (χ2n) is 2.88. The summed E-state index contributed by atoms with van der Waals surface area (Å²) in [7, 11) is 0. The van der Waals surface area contributed by atoms with Crippen molar-refractivity contribution < 1.29 is 3.07 Å². The van der Waals surface area contributed by atoms with Gasteiger partial charge in [0.15, 0.2) is 28.8 Å². The Bertz CT molecular complexity index is 536. The molecule has 5 heteroatoms. The predicted octanol–water partition coefficient (Wildman–Crippen LogP) is 1.96. The van der Waals surface area contributed by atoms with E-state index in [0.717, 1.165) is 0 Å². The number of aryl methyl sites for hydroxylation is 1. The smallest absolute Gasteiger partial charge is 0.258 e. The van der Waals surface area contributed by atoms with Gasteiger partial charge >= 0.3 is 0 Å². The number of hydrogen-bond acceptors (Lipinski definition) is 3. The lowest BCUT2D eigenvalue weighted by molar-refractivity contribution is 0.722. The van der Waals surface area contributed by atoms with Gasteiger partial charge < -0.3 is 8.05 Å². The summed E-state index contributed by atoms with van der Waals surface area (Å²) in [6, 6.07) is 5.27. The Hall–Kier alpha value is -1.11. The number of nitrogens with one attached hydrogen (secondary N) is 1. The van der Waals surface area contributed by atoms with Crippen molar-refractivity contribution in [2.24, 2.45) is 0 Å². The summed E-state index contributed by atoms with van der Waals surface area (Å²) in [6.45, 7) is 1.74. The number of para-hydroxylation sites is 1. The number of halogens is 1. The van der Waals surface area contributed by atoms with E-state index in [9.17, 15) is 4.79 Å². The van der Waals surface area contributed by atoms with Crippen molar-refractivity contribution in [2.75, 3.05) is 0 Å². The normalized spacial score (nSPS) is 10.4. The maximum absolute atomic E-state index is 11.5. The Morgan fingerprint density at radius 2 is 2.29 bits per heavy atom. The maximum Gasteiger partial charge on any atom is 0.258 e. The van der Waals surface area contributed by atoms with Gasteiger partial charge in [-0.05, 0) is 19.1 Å². The lowest BCUT2D eigenvalue weighted by atomic mass is 10.2. The van der Waals surface area contributed by atoms with E-state index in [2.05, 4.69) is 9.97 Å². The summed E-state index contributed by atoms with van der Waals surface area (Å²) < 4.78 is 5.09. The number of H-pyrrole nitrogens is 1. The van der Waals surface area contributed by atoms with Gasteiger partial charge in [-0.15, -0.1) is 0 Å². The number of aromatic amines is 1. The maximum atomic E-state index is 11.5. The molecule has 0 aliphatic heterocycles. The minimum absolute atomic E-state index is 0.136. The molecule has 0 saturated heterocycles. The van der Waals surface area contributed by atoms with Crippen molar-refractivity contribution in [2.45, 2.75) is 6.92 Å². The van der Waals surface area contributed by atoms with E-state index in [-0.39, 0.29) is 5.56 Å². The summed E-state index contributed by atoms with van der Waals surface area (Å²) in [5, 5.41) is 0.546. The first kappa shape index (κ1) is 9.45. The van der Waals surface area contributed by atoms with Gasteiger partial charge in [0.05, 0.1) is 5.39 Å². The van der Waals surface area contributed by atoms with E-state index in [1.54, 1.807) is 48.1 Å². The Balaban J connectivity index is 2.94. The highest BCUT2D eigenvalue weighted by Gasteiger charge is 2.06. The Kier molecular flexibility index (Phi) is 2.40. The lowest BCUT2D eigenvalue weighted by Gasteiger charge is -2.02. The van der Waals surface area contributed by atoms with Crippen molar-refractivity contribution in [3.8, 4) is 5.75 Å². The van der Waals surface area contributed by atoms with Crippen molar-refractivity contribution in [1.29, 1.82) is 0 Å². The van der Waals surface area contributed by atoms with E-state index >= 15 is 0 Å². The van der Waals surface area contributed by atoms with Crippen molar-refractivity contribution in [1.82, 2.24) is 9.97 Å². The summed E-state index contributed by atoms with van der Waals surface area (Å²) in [5.41, 5.74) is 0.464. The lowest BCUT2D eigenvalue weighted by Crippen LogP contribution is -2.09. The summed E-state index contributed by atoms with van der Waals surface area (Å²) >= 11 is 1.77. The van der Waals surface area contributed by atoms with Crippen LogP contribution in [0.25, 0.3) is 10.9 Å². The quantitative estimate of drug-likeness (QED) is 0.819. The molecule has 1 aromatic heterocycles. The minimum Gasteiger partial charge on any atom is -0.425 e. The van der Waals surface area contributed by atoms with Gasteiger partial charge in [0.25, 0.3) is 5.56 Å². The number of hydrogen-bond donors (Lipinski definition) is 1. The highest BCUT2D eigenvalue weighted by Crippen LogP contribution is 2.22. The highest BCUT2D eigenvalue weighted by atomic mass is 127. The first-order valence-electron chi connectivity index (χ1n) is 4.00. The molecule has 0 unspecified atom stereocenters. The summed E-state index contributed by atoms with van der Waals surface area (Å²) in [4.78, 5) is 18.4. The molecule has 0 spiro atoms. The van der Waals surface area contributed by atoms with Crippen LogP contribution in [0.3, 0.4) is 0 Å². The molecule has 2 aromatic rings. The molecule has 0 atom stereocenters. The van der Waals surface area contributed by atoms with Crippen LogP contribution in [0.4, 0.5) is 0 Å². The molecule has 0 saturated carbocycles. The fraction of sp³-hybridized carbons (Fsp3) is 0.111. The third kappa shape index (κ3) is 1.47. The zero-order valence-electron chi connectivity index (χ0n) is 7.37. The second kappa shape index (κ2) is 3.56. The number of nitrogens with zero attached hydrogens (tertiary/aromatic N) is 1. The Labute approximate surface area is 94.0 Å². The van der Waals surface area contributed by atoms with Gasteiger partial charge in [-0.2, -0.15) is 0 Å². The molecule has 0 aliphatic carbocycles. The van der Waals surface area contributed by atoms with Gasteiger partial charge in [0.2, 0.25) is 0 Å². The third-order valence-electron chi connectivity index (χ3n) is 1.90. The third-order valence-corrected chi connectivity index (χ3v) is 2.38. The molecular weight excluding hydrogens is 295 g/mol. The monoisotopic (exact) mass is 302 g/mol. The SMILES string of the molecule is Cc1nc2c(OI)cccc2c(=O)[nH]1. The van der Waals surface area contributed by atoms with E-state index in [1.807, 2.05) is 0 Å². The van der Waals surface area contributed by atoms with Crippen LogP contribution in [0.2, 0.25) is 0 Å². The van der Waals surface area contributed by atoms with E-state index < -0.39 is 0 Å². The van der Waals surface area contributed by atoms with Crippen molar-refractivity contribution in [3.63, 3.8) is 0 Å². The van der Waals surface area contributed by atoms with Crippen LogP contribution in [0.15, 0.2) is 23.0 Å². The molecular formula is C9H7IN2O2. The first-order valence-corrected chi connectivity index (χ1v) is 4.88. The average Bonchev–Trinajstić information content (AvgIpc) is 2.17. The van der Waals surface area contributed by atoms with Crippen molar-refractivity contribution >= 4 is 33.9 Å². The minimum atomic E-state index is -0.136. The van der Waals surface area contributed by atoms with Gasteiger partial charge in [-0.1, -0.05) is 6.07 Å². The molecule has 1 aromatic carbocycles. The molecule has 2 rings (SSSR count). The molecule has 0 fully saturated rings. The van der Waals surface area contributed by atoms with Crippen LogP contribution in [-0.2, 0) is 0 Å². The molecule has 0 bridgehead atoms.